The van der Waals surface area contributed by atoms with Crippen LogP contribution in [0.5, 0.6) is 0 Å². The van der Waals surface area contributed by atoms with Crippen LogP contribution in [0.4, 0.5) is 0 Å². The number of ether oxygens (including phenoxy) is 1. The highest BCUT2D eigenvalue weighted by Gasteiger charge is 2.15. The summed E-state index contributed by atoms with van der Waals surface area (Å²) in [6.07, 6.45) is 7.90. The Labute approximate surface area is 176 Å². The van der Waals surface area contributed by atoms with Crippen LogP contribution in [0, 0.1) is 0 Å². The fourth-order valence-corrected chi connectivity index (χ4v) is 3.45. The SMILES string of the molecule is C[N+](=CC=C1C=C(c2cccc(Br)c2)C=C(c2cccc(Br)c2)O1)CCO. The first kappa shape index (κ1) is 19.8. The van der Waals surface area contributed by atoms with Gasteiger partial charge in [-0.15, -0.1) is 0 Å². The molecule has 5 heteroatoms. The lowest BCUT2D eigenvalue weighted by molar-refractivity contribution is -0.494. The molecule has 0 aromatic heterocycles. The predicted octanol–water partition coefficient (Wildman–Crippen LogP) is 5.26. The second-order valence-corrected chi connectivity index (χ2v) is 7.98. The van der Waals surface area contributed by atoms with Gasteiger partial charge in [0.2, 0.25) is 0 Å². The maximum Gasteiger partial charge on any atom is 0.166 e. The highest BCUT2D eigenvalue weighted by atomic mass is 79.9. The molecule has 0 spiro atoms. The summed E-state index contributed by atoms with van der Waals surface area (Å²) in [6, 6.07) is 16.2. The maximum atomic E-state index is 9.06. The van der Waals surface area contributed by atoms with Crippen LogP contribution >= 0.6 is 31.9 Å². The Morgan fingerprint density at radius 1 is 1.00 bits per heavy atom. The van der Waals surface area contributed by atoms with E-state index in [-0.39, 0.29) is 6.61 Å². The number of nitrogens with zero attached hydrogens (tertiary/aromatic N) is 1. The molecule has 2 aromatic rings. The highest BCUT2D eigenvalue weighted by Crippen LogP contribution is 2.33. The zero-order chi connectivity index (χ0) is 19.2. The highest BCUT2D eigenvalue weighted by molar-refractivity contribution is 9.10. The number of rotatable bonds is 5. The van der Waals surface area contributed by atoms with E-state index < -0.39 is 0 Å². The van der Waals surface area contributed by atoms with Gasteiger partial charge in [0.1, 0.15) is 25.2 Å². The van der Waals surface area contributed by atoms with Gasteiger partial charge in [0.25, 0.3) is 0 Å². The van der Waals surface area contributed by atoms with E-state index in [0.29, 0.717) is 6.54 Å². The second-order valence-electron chi connectivity index (χ2n) is 6.15. The van der Waals surface area contributed by atoms with Gasteiger partial charge in [-0.3, -0.25) is 0 Å². The van der Waals surface area contributed by atoms with Crippen LogP contribution in [0.3, 0.4) is 0 Å². The van der Waals surface area contributed by atoms with E-state index in [1.165, 1.54) is 0 Å². The lowest BCUT2D eigenvalue weighted by Crippen LogP contribution is -2.11. The molecule has 0 amide bonds. The minimum absolute atomic E-state index is 0.110. The van der Waals surface area contributed by atoms with Crippen LogP contribution in [0.25, 0.3) is 11.3 Å². The fourth-order valence-electron chi connectivity index (χ4n) is 2.66. The molecule has 0 aliphatic carbocycles. The van der Waals surface area contributed by atoms with Crippen LogP contribution in [0.2, 0.25) is 0 Å². The van der Waals surface area contributed by atoms with Crippen molar-refractivity contribution in [3.8, 4) is 0 Å². The first-order valence-corrected chi connectivity index (χ1v) is 10.1. The van der Waals surface area contributed by atoms with Gasteiger partial charge in [-0.1, -0.05) is 56.1 Å². The summed E-state index contributed by atoms with van der Waals surface area (Å²) < 4.78 is 10.1. The Morgan fingerprint density at radius 2 is 1.67 bits per heavy atom. The van der Waals surface area contributed by atoms with Crippen LogP contribution < -0.4 is 0 Å². The summed E-state index contributed by atoms with van der Waals surface area (Å²) in [5, 5.41) is 9.06. The smallest absolute Gasteiger partial charge is 0.166 e. The molecule has 0 saturated carbocycles. The van der Waals surface area contributed by atoms with E-state index in [1.807, 2.05) is 66.4 Å². The Morgan fingerprint density at radius 3 is 2.33 bits per heavy atom. The van der Waals surface area contributed by atoms with Crippen molar-refractivity contribution in [3.63, 3.8) is 0 Å². The molecular formula is C22H20Br2NO2+. The number of hydrogen-bond donors (Lipinski definition) is 1. The number of benzene rings is 2. The van der Waals surface area contributed by atoms with Crippen molar-refractivity contribution >= 4 is 49.4 Å². The van der Waals surface area contributed by atoms with Crippen LogP contribution in [-0.4, -0.2) is 36.1 Å². The van der Waals surface area contributed by atoms with Crippen molar-refractivity contribution < 1.29 is 14.4 Å². The van der Waals surface area contributed by atoms with E-state index in [0.717, 1.165) is 37.2 Å². The van der Waals surface area contributed by atoms with Gasteiger partial charge in [-0.2, -0.15) is 0 Å². The predicted molar refractivity (Wildman–Crippen MR) is 118 cm³/mol. The Kier molecular flexibility index (Phi) is 6.83. The molecular weight excluding hydrogens is 470 g/mol. The average Bonchev–Trinajstić information content (AvgIpc) is 2.66. The minimum Gasteiger partial charge on any atom is -0.456 e. The first-order valence-electron chi connectivity index (χ1n) is 8.54. The third kappa shape index (κ3) is 5.51. The Hall–Kier alpha value is -1.95. The van der Waals surface area contributed by atoms with Crippen molar-refractivity contribution in [2.45, 2.75) is 0 Å². The molecule has 0 saturated heterocycles. The van der Waals surface area contributed by atoms with Crippen LogP contribution in [0.15, 0.2) is 81.5 Å². The van der Waals surface area contributed by atoms with Crippen molar-refractivity contribution in [1.29, 1.82) is 0 Å². The lowest BCUT2D eigenvalue weighted by Gasteiger charge is -2.18. The zero-order valence-corrected chi connectivity index (χ0v) is 18.1. The Bertz CT molecular complexity index is 958. The van der Waals surface area contributed by atoms with Crippen molar-refractivity contribution in [2.24, 2.45) is 0 Å². The molecule has 0 bridgehead atoms. The third-order valence-corrected chi connectivity index (χ3v) is 5.01. The summed E-state index contributed by atoms with van der Waals surface area (Å²) in [5.41, 5.74) is 3.18. The summed E-state index contributed by atoms with van der Waals surface area (Å²) in [4.78, 5) is 0. The normalized spacial score (nSPS) is 16.0. The molecule has 0 fully saturated rings. The van der Waals surface area contributed by atoms with Gasteiger partial charge in [-0.05, 0) is 47.6 Å². The van der Waals surface area contributed by atoms with Crippen molar-refractivity contribution in [2.75, 3.05) is 20.2 Å². The van der Waals surface area contributed by atoms with Crippen LogP contribution in [-0.2, 0) is 4.74 Å². The van der Waals surface area contributed by atoms with Gasteiger partial charge in [0.15, 0.2) is 12.8 Å². The molecule has 3 rings (SSSR count). The largest absolute Gasteiger partial charge is 0.456 e. The number of allylic oxidation sites excluding steroid dienone is 4. The average molecular weight is 490 g/mol. The molecule has 0 atom stereocenters. The van der Waals surface area contributed by atoms with Crippen molar-refractivity contribution in [1.82, 2.24) is 0 Å². The summed E-state index contributed by atoms with van der Waals surface area (Å²) in [5.74, 6) is 1.53. The fraction of sp³-hybridized carbons (Fsp3) is 0.136. The topological polar surface area (TPSA) is 32.5 Å². The first-order chi connectivity index (χ1) is 13.0. The van der Waals surface area contributed by atoms with Gasteiger partial charge < -0.3 is 9.84 Å². The lowest BCUT2D eigenvalue weighted by atomic mass is 10.0. The van der Waals surface area contributed by atoms with E-state index in [9.17, 15) is 0 Å². The van der Waals surface area contributed by atoms with Crippen molar-refractivity contribution in [3.05, 3.63) is 92.6 Å². The van der Waals surface area contributed by atoms with E-state index in [4.69, 9.17) is 9.84 Å². The quantitative estimate of drug-likeness (QED) is 0.459. The molecule has 2 aromatic carbocycles. The number of aliphatic hydroxyl groups excluding tert-OH is 1. The van der Waals surface area contributed by atoms with Gasteiger partial charge in [-0.25, -0.2) is 4.58 Å². The molecule has 1 heterocycles. The molecule has 3 nitrogen and oxygen atoms in total. The molecule has 138 valence electrons. The molecule has 27 heavy (non-hydrogen) atoms. The second kappa shape index (κ2) is 9.31. The number of hydrogen-bond acceptors (Lipinski definition) is 2. The number of aliphatic hydroxyl groups is 1. The van der Waals surface area contributed by atoms with E-state index >= 15 is 0 Å². The van der Waals surface area contributed by atoms with Gasteiger partial charge >= 0.3 is 0 Å². The van der Waals surface area contributed by atoms with Gasteiger partial charge in [0.05, 0.1) is 0 Å². The molecule has 0 unspecified atom stereocenters. The maximum absolute atomic E-state index is 9.06. The standard InChI is InChI=1S/C22H20Br2NO2/c1-25(10-11-26)9-8-21-14-18(16-4-2-6-19(23)12-16)15-22(27-21)17-5-3-7-20(24)13-17/h2-9,12-15,26H,10-11H2,1H3/q+1. The molecule has 1 N–H and O–H groups in total. The summed E-state index contributed by atoms with van der Waals surface area (Å²) in [7, 11) is 1.92. The zero-order valence-electron chi connectivity index (χ0n) is 14.9. The van der Waals surface area contributed by atoms with Crippen LogP contribution in [0.1, 0.15) is 11.1 Å². The Balaban J connectivity index is 2.03. The number of likely N-dealkylation sites (N-methyl/N-ethyl adjacent to an activating group) is 1. The molecule has 0 radical (unpaired) electrons. The minimum atomic E-state index is 0.110. The number of halogens is 2. The third-order valence-electron chi connectivity index (χ3n) is 4.03. The molecule has 1 aliphatic rings. The van der Waals surface area contributed by atoms with Gasteiger partial charge in [0, 0.05) is 20.6 Å². The monoisotopic (exact) mass is 488 g/mol. The molecule has 1 aliphatic heterocycles. The summed E-state index contributed by atoms with van der Waals surface area (Å²) in [6.45, 7) is 0.680. The van der Waals surface area contributed by atoms with E-state index in [1.54, 1.807) is 0 Å². The van der Waals surface area contributed by atoms with E-state index in [2.05, 4.69) is 50.1 Å². The summed E-state index contributed by atoms with van der Waals surface area (Å²) >= 11 is 7.07.